The minimum Gasteiger partial charge on any atom is -0.288 e. The highest BCUT2D eigenvalue weighted by atomic mass is 32.2. The van der Waals surface area contributed by atoms with Crippen LogP contribution in [0, 0.1) is 0 Å². The second-order valence-electron chi connectivity index (χ2n) is 3.29. The van der Waals surface area contributed by atoms with Gasteiger partial charge in [-0.3, -0.25) is 4.79 Å². The van der Waals surface area contributed by atoms with Gasteiger partial charge in [0, 0.05) is 12.7 Å². The first-order chi connectivity index (χ1) is 7.91. The fourth-order valence-electron chi connectivity index (χ4n) is 1.22. The molecule has 0 bridgehead atoms. The predicted octanol–water partition coefficient (Wildman–Crippen LogP) is 1.63. The molecular weight excluding hydrogens is 258 g/mol. The SMILES string of the molecule is CC(=O)SCC=Cc1ccccc1S(N)(=O)=O. The van der Waals surface area contributed by atoms with Gasteiger partial charge in [0.2, 0.25) is 10.0 Å². The molecule has 1 aromatic carbocycles. The van der Waals surface area contributed by atoms with Crippen molar-refractivity contribution in [2.24, 2.45) is 5.14 Å². The summed E-state index contributed by atoms with van der Waals surface area (Å²) in [6.07, 6.45) is 3.38. The maximum Gasteiger partial charge on any atom is 0.238 e. The van der Waals surface area contributed by atoms with Crippen molar-refractivity contribution in [3.8, 4) is 0 Å². The zero-order chi connectivity index (χ0) is 12.9. The van der Waals surface area contributed by atoms with E-state index in [0.29, 0.717) is 11.3 Å². The van der Waals surface area contributed by atoms with Crippen LogP contribution in [0.1, 0.15) is 12.5 Å². The first-order valence-electron chi connectivity index (χ1n) is 4.83. The first kappa shape index (κ1) is 14.0. The molecule has 4 nitrogen and oxygen atoms in total. The summed E-state index contributed by atoms with van der Waals surface area (Å²) in [7, 11) is -3.71. The lowest BCUT2D eigenvalue weighted by Crippen LogP contribution is -2.13. The number of thioether (sulfide) groups is 1. The summed E-state index contributed by atoms with van der Waals surface area (Å²) in [4.78, 5) is 10.8. The summed E-state index contributed by atoms with van der Waals surface area (Å²) in [5.41, 5.74) is 0.527. The third-order valence-electron chi connectivity index (χ3n) is 1.91. The third-order valence-corrected chi connectivity index (χ3v) is 3.66. The molecule has 2 N–H and O–H groups in total. The van der Waals surface area contributed by atoms with Crippen LogP contribution in [0.15, 0.2) is 35.2 Å². The molecular formula is C11H13NO3S2. The molecule has 0 heterocycles. The Morgan fingerprint density at radius 3 is 2.65 bits per heavy atom. The van der Waals surface area contributed by atoms with Gasteiger partial charge >= 0.3 is 0 Å². The summed E-state index contributed by atoms with van der Waals surface area (Å²) in [6.45, 7) is 1.48. The smallest absolute Gasteiger partial charge is 0.238 e. The van der Waals surface area contributed by atoms with Crippen LogP contribution in [0.4, 0.5) is 0 Å². The number of benzene rings is 1. The highest BCUT2D eigenvalue weighted by molar-refractivity contribution is 8.13. The summed E-state index contributed by atoms with van der Waals surface area (Å²) in [5.74, 6) is 0.508. The molecule has 0 amide bonds. The van der Waals surface area contributed by atoms with E-state index in [1.807, 2.05) is 0 Å². The Labute approximate surface area is 105 Å². The molecule has 0 atom stereocenters. The zero-order valence-electron chi connectivity index (χ0n) is 9.29. The minimum atomic E-state index is -3.71. The van der Waals surface area contributed by atoms with Crippen LogP contribution in [0.3, 0.4) is 0 Å². The third kappa shape index (κ3) is 4.72. The molecule has 92 valence electrons. The van der Waals surface area contributed by atoms with Crippen molar-refractivity contribution < 1.29 is 13.2 Å². The number of nitrogens with two attached hydrogens (primary N) is 1. The topological polar surface area (TPSA) is 77.2 Å². The molecule has 0 aliphatic rings. The lowest BCUT2D eigenvalue weighted by atomic mass is 10.2. The van der Waals surface area contributed by atoms with Gasteiger partial charge in [-0.1, -0.05) is 42.1 Å². The number of rotatable bonds is 4. The van der Waals surface area contributed by atoms with E-state index >= 15 is 0 Å². The molecule has 0 unspecified atom stereocenters. The average Bonchev–Trinajstić information content (AvgIpc) is 2.23. The fraction of sp³-hybridized carbons (Fsp3) is 0.182. The van der Waals surface area contributed by atoms with E-state index in [9.17, 15) is 13.2 Å². The fourth-order valence-corrected chi connectivity index (χ4v) is 2.38. The number of carbonyl (C=O) groups is 1. The van der Waals surface area contributed by atoms with E-state index in [1.165, 1.54) is 13.0 Å². The Morgan fingerprint density at radius 2 is 2.06 bits per heavy atom. The number of carbonyl (C=O) groups excluding carboxylic acids is 1. The van der Waals surface area contributed by atoms with Crippen molar-refractivity contribution >= 4 is 33.0 Å². The van der Waals surface area contributed by atoms with E-state index in [0.717, 1.165) is 11.8 Å². The highest BCUT2D eigenvalue weighted by Crippen LogP contribution is 2.15. The molecule has 17 heavy (non-hydrogen) atoms. The molecule has 0 fully saturated rings. The number of primary sulfonamides is 1. The second kappa shape index (κ2) is 6.00. The van der Waals surface area contributed by atoms with Crippen molar-refractivity contribution in [3.05, 3.63) is 35.9 Å². The lowest BCUT2D eigenvalue weighted by molar-refractivity contribution is -0.109. The standard InChI is InChI=1S/C11H13NO3S2/c1-9(13)16-8-4-6-10-5-2-3-7-11(10)17(12,14)15/h2-7H,8H2,1H3,(H2,12,14,15). The molecule has 0 aromatic heterocycles. The van der Waals surface area contributed by atoms with Crippen molar-refractivity contribution in [1.82, 2.24) is 0 Å². The van der Waals surface area contributed by atoms with Gasteiger partial charge in [0.05, 0.1) is 4.90 Å². The Balaban J connectivity index is 2.88. The van der Waals surface area contributed by atoms with Crippen LogP contribution in [0.2, 0.25) is 0 Å². The molecule has 0 radical (unpaired) electrons. The maximum atomic E-state index is 11.3. The number of hydrogen-bond acceptors (Lipinski definition) is 4. The van der Waals surface area contributed by atoms with E-state index in [4.69, 9.17) is 5.14 Å². The van der Waals surface area contributed by atoms with Gasteiger partial charge in [-0.2, -0.15) is 0 Å². The summed E-state index contributed by atoms with van der Waals surface area (Å²) in [5, 5.41) is 5.11. The lowest BCUT2D eigenvalue weighted by Gasteiger charge is -2.02. The monoisotopic (exact) mass is 271 g/mol. The van der Waals surface area contributed by atoms with Gasteiger partial charge in [-0.15, -0.1) is 0 Å². The second-order valence-corrected chi connectivity index (χ2v) is 6.01. The maximum absolute atomic E-state index is 11.3. The minimum absolute atomic E-state index is 0.0226. The molecule has 0 aliphatic carbocycles. The molecule has 0 spiro atoms. The van der Waals surface area contributed by atoms with Gasteiger partial charge in [0.15, 0.2) is 5.12 Å². The van der Waals surface area contributed by atoms with Gasteiger partial charge in [-0.25, -0.2) is 13.6 Å². The number of hydrogen-bond donors (Lipinski definition) is 1. The summed E-state index contributed by atoms with van der Waals surface area (Å²) in [6, 6.07) is 6.45. The van der Waals surface area contributed by atoms with E-state index in [2.05, 4.69) is 0 Å². The van der Waals surface area contributed by atoms with Crippen molar-refractivity contribution in [2.45, 2.75) is 11.8 Å². The Hall–Kier alpha value is -1.11. The molecule has 1 aromatic rings. The van der Waals surface area contributed by atoms with Crippen LogP contribution in [0.25, 0.3) is 6.08 Å². The van der Waals surface area contributed by atoms with E-state index in [-0.39, 0.29) is 10.0 Å². The van der Waals surface area contributed by atoms with Crippen LogP contribution in [0.5, 0.6) is 0 Å². The summed E-state index contributed by atoms with van der Waals surface area (Å²) < 4.78 is 22.6. The van der Waals surface area contributed by atoms with Crippen molar-refractivity contribution in [3.63, 3.8) is 0 Å². The van der Waals surface area contributed by atoms with Gasteiger partial charge < -0.3 is 0 Å². The highest BCUT2D eigenvalue weighted by Gasteiger charge is 2.10. The van der Waals surface area contributed by atoms with Crippen LogP contribution < -0.4 is 5.14 Å². The largest absolute Gasteiger partial charge is 0.288 e. The van der Waals surface area contributed by atoms with E-state index < -0.39 is 10.0 Å². The van der Waals surface area contributed by atoms with Gasteiger partial charge in [-0.05, 0) is 11.6 Å². The normalized spacial score (nSPS) is 11.9. The summed E-state index contributed by atoms with van der Waals surface area (Å²) >= 11 is 1.16. The quantitative estimate of drug-likeness (QED) is 0.902. The Kier molecular flexibility index (Phi) is 4.92. The Morgan fingerprint density at radius 1 is 1.41 bits per heavy atom. The van der Waals surface area contributed by atoms with Crippen LogP contribution in [-0.4, -0.2) is 19.3 Å². The first-order valence-corrected chi connectivity index (χ1v) is 7.36. The van der Waals surface area contributed by atoms with Crippen LogP contribution in [-0.2, 0) is 14.8 Å². The molecule has 0 aliphatic heterocycles. The van der Waals surface area contributed by atoms with Gasteiger partial charge in [0.25, 0.3) is 0 Å². The zero-order valence-corrected chi connectivity index (χ0v) is 10.9. The molecule has 0 saturated heterocycles. The predicted molar refractivity (Wildman–Crippen MR) is 70.0 cm³/mol. The van der Waals surface area contributed by atoms with Crippen molar-refractivity contribution in [1.29, 1.82) is 0 Å². The molecule has 1 rings (SSSR count). The van der Waals surface area contributed by atoms with E-state index in [1.54, 1.807) is 30.4 Å². The Bertz CT molecular complexity index is 535. The average molecular weight is 271 g/mol. The molecule has 0 saturated carbocycles. The molecule has 6 heteroatoms. The van der Waals surface area contributed by atoms with Crippen molar-refractivity contribution in [2.75, 3.05) is 5.75 Å². The van der Waals surface area contributed by atoms with Gasteiger partial charge in [0.1, 0.15) is 0 Å². The van der Waals surface area contributed by atoms with Crippen LogP contribution >= 0.6 is 11.8 Å². The number of sulfonamides is 1.